The average Bonchev–Trinajstić information content (AvgIpc) is 2.88. The number of nitrogens with one attached hydrogen (secondary N) is 2. The lowest BCUT2D eigenvalue weighted by molar-refractivity contribution is -0.113. The number of hydrogen-bond donors (Lipinski definition) is 2. The first-order chi connectivity index (χ1) is 16.6. The lowest BCUT2D eigenvalue weighted by Crippen LogP contribution is -2.27. The van der Waals surface area contributed by atoms with Gasteiger partial charge in [0, 0.05) is 30.6 Å². The van der Waals surface area contributed by atoms with Crippen molar-refractivity contribution in [3.8, 4) is 17.1 Å². The van der Waals surface area contributed by atoms with Crippen molar-refractivity contribution in [2.24, 2.45) is 0 Å². The van der Waals surface area contributed by atoms with Gasteiger partial charge in [0.1, 0.15) is 17.0 Å². The van der Waals surface area contributed by atoms with E-state index in [2.05, 4.69) is 30.6 Å². The molecule has 4 aromatic heterocycles. The Kier molecular flexibility index (Phi) is 6.05. The summed E-state index contributed by atoms with van der Waals surface area (Å²) in [5.41, 5.74) is 4.38. The molecule has 0 saturated heterocycles. The van der Waals surface area contributed by atoms with Crippen molar-refractivity contribution in [3.63, 3.8) is 0 Å². The van der Waals surface area contributed by atoms with Crippen molar-refractivity contribution in [1.82, 2.24) is 25.3 Å². The van der Waals surface area contributed by atoms with Crippen LogP contribution < -0.4 is 15.4 Å². The largest absolute Gasteiger partial charge is 0.481 e. The van der Waals surface area contributed by atoms with Gasteiger partial charge in [-0.25, -0.2) is 9.97 Å². The summed E-state index contributed by atoms with van der Waals surface area (Å²) in [6.07, 6.45) is 4.13. The Morgan fingerprint density at radius 1 is 1.12 bits per heavy atom. The number of anilines is 1. The first kappa shape index (κ1) is 21.8. The molecule has 9 nitrogen and oxygen atoms in total. The van der Waals surface area contributed by atoms with Crippen LogP contribution in [-0.2, 0) is 11.2 Å². The van der Waals surface area contributed by atoms with E-state index in [1.807, 2.05) is 24.3 Å². The second-order valence-corrected chi connectivity index (χ2v) is 8.53. The van der Waals surface area contributed by atoms with Crippen LogP contribution in [0.15, 0.2) is 59.8 Å². The summed E-state index contributed by atoms with van der Waals surface area (Å²) in [5.74, 6) is 0.900. The molecular formula is C24H20N6O3S. The minimum absolute atomic E-state index is 0.117. The van der Waals surface area contributed by atoms with Crippen molar-refractivity contribution in [2.75, 3.05) is 24.7 Å². The number of hydrogen-bond acceptors (Lipinski definition) is 8. The van der Waals surface area contributed by atoms with E-state index in [1.165, 1.54) is 11.8 Å². The minimum atomic E-state index is -0.291. The van der Waals surface area contributed by atoms with Crippen LogP contribution in [0.1, 0.15) is 16.1 Å². The molecule has 0 aliphatic carbocycles. The zero-order valence-electron chi connectivity index (χ0n) is 18.2. The first-order valence-electron chi connectivity index (χ1n) is 10.6. The van der Waals surface area contributed by atoms with Gasteiger partial charge in [0.2, 0.25) is 11.8 Å². The Hall–Kier alpha value is -4.05. The Labute approximate surface area is 199 Å². The van der Waals surface area contributed by atoms with Crippen molar-refractivity contribution in [1.29, 1.82) is 0 Å². The van der Waals surface area contributed by atoms with Gasteiger partial charge in [0.25, 0.3) is 5.91 Å². The predicted molar refractivity (Wildman–Crippen MR) is 129 cm³/mol. The number of carbonyl (C=O) groups is 2. The van der Waals surface area contributed by atoms with E-state index in [4.69, 9.17) is 4.74 Å². The van der Waals surface area contributed by atoms with E-state index in [-0.39, 0.29) is 17.5 Å². The quantitative estimate of drug-likeness (QED) is 0.439. The Morgan fingerprint density at radius 3 is 2.85 bits per heavy atom. The highest BCUT2D eigenvalue weighted by atomic mass is 32.2. The maximum atomic E-state index is 12.5. The van der Waals surface area contributed by atoms with Crippen LogP contribution in [0.3, 0.4) is 0 Å². The third kappa shape index (κ3) is 4.53. The molecule has 170 valence electrons. The Morgan fingerprint density at radius 2 is 2.03 bits per heavy atom. The number of thioether (sulfide) groups is 1. The number of rotatable bonds is 6. The fourth-order valence-corrected chi connectivity index (χ4v) is 4.32. The molecule has 1 aliphatic rings. The van der Waals surface area contributed by atoms with Crippen molar-refractivity contribution in [2.45, 2.75) is 11.3 Å². The molecule has 10 heteroatoms. The topological polar surface area (TPSA) is 119 Å². The van der Waals surface area contributed by atoms with E-state index in [9.17, 15) is 9.59 Å². The van der Waals surface area contributed by atoms with Gasteiger partial charge in [-0.05, 0) is 42.3 Å². The summed E-state index contributed by atoms with van der Waals surface area (Å²) in [5, 5.41) is 5.57. The van der Waals surface area contributed by atoms with Crippen LogP contribution in [0.2, 0.25) is 0 Å². The molecule has 5 heterocycles. The van der Waals surface area contributed by atoms with Gasteiger partial charge in [0.15, 0.2) is 0 Å². The normalized spacial score (nSPS) is 12.7. The molecule has 0 fully saturated rings. The van der Waals surface area contributed by atoms with Crippen molar-refractivity contribution >= 4 is 40.4 Å². The molecule has 0 spiro atoms. The predicted octanol–water partition coefficient (Wildman–Crippen LogP) is 3.11. The van der Waals surface area contributed by atoms with E-state index < -0.39 is 0 Å². The SMILES string of the molecule is COc1ccc2nccc(-c3ccc(CCNC(=O)c4ccc5c(n4)NC(=O)CS5)cn3)c2n1. The number of aromatic nitrogens is 4. The fourth-order valence-electron chi connectivity index (χ4n) is 3.56. The molecule has 0 radical (unpaired) electrons. The van der Waals surface area contributed by atoms with Crippen LogP contribution in [0.5, 0.6) is 5.88 Å². The number of pyridine rings is 4. The van der Waals surface area contributed by atoms with E-state index in [0.717, 1.165) is 32.7 Å². The zero-order valence-corrected chi connectivity index (χ0v) is 19.1. The lowest BCUT2D eigenvalue weighted by atomic mass is 10.1. The van der Waals surface area contributed by atoms with Crippen LogP contribution >= 0.6 is 11.8 Å². The zero-order chi connectivity index (χ0) is 23.5. The highest BCUT2D eigenvalue weighted by Gasteiger charge is 2.18. The van der Waals surface area contributed by atoms with Gasteiger partial charge in [-0.3, -0.25) is 19.6 Å². The van der Waals surface area contributed by atoms with E-state index in [1.54, 1.807) is 37.7 Å². The number of fused-ring (bicyclic) bond motifs is 2. The standard InChI is InChI=1S/C24H20N6O3S/c1-33-21-7-5-17-22(30-21)15(9-11-25-17)16-3-2-14(12-27-16)8-10-26-24(32)18-4-6-19-23(28-18)29-20(31)13-34-19/h2-7,9,11-12H,8,10,13H2,1H3,(H,26,32)(H,28,29,31). The number of ether oxygens (including phenoxy) is 1. The molecule has 2 N–H and O–H groups in total. The fraction of sp³-hybridized carbons (Fsp3) is 0.167. The third-order valence-corrected chi connectivity index (χ3v) is 6.32. The van der Waals surface area contributed by atoms with E-state index >= 15 is 0 Å². The molecule has 0 aromatic carbocycles. The number of nitrogens with zero attached hydrogens (tertiary/aromatic N) is 4. The van der Waals surface area contributed by atoms with Crippen LogP contribution in [-0.4, -0.2) is 51.2 Å². The summed E-state index contributed by atoms with van der Waals surface area (Å²) in [4.78, 5) is 42.6. The van der Waals surface area contributed by atoms with E-state index in [0.29, 0.717) is 30.4 Å². The number of methoxy groups -OCH3 is 1. The molecule has 5 rings (SSSR count). The molecule has 0 saturated carbocycles. The molecule has 0 unspecified atom stereocenters. The average molecular weight is 473 g/mol. The monoisotopic (exact) mass is 472 g/mol. The van der Waals surface area contributed by atoms with Gasteiger partial charge in [-0.15, -0.1) is 11.8 Å². The van der Waals surface area contributed by atoms with Gasteiger partial charge >= 0.3 is 0 Å². The molecular weight excluding hydrogens is 452 g/mol. The lowest BCUT2D eigenvalue weighted by Gasteiger charge is -2.15. The van der Waals surface area contributed by atoms with Crippen LogP contribution in [0.4, 0.5) is 5.82 Å². The summed E-state index contributed by atoms with van der Waals surface area (Å²) in [6, 6.07) is 12.9. The smallest absolute Gasteiger partial charge is 0.269 e. The van der Waals surface area contributed by atoms with Gasteiger partial charge in [-0.2, -0.15) is 0 Å². The summed E-state index contributed by atoms with van der Waals surface area (Å²) < 4.78 is 5.24. The summed E-state index contributed by atoms with van der Waals surface area (Å²) in [6.45, 7) is 0.427. The molecule has 0 bridgehead atoms. The molecule has 1 aliphatic heterocycles. The van der Waals surface area contributed by atoms with Gasteiger partial charge < -0.3 is 15.4 Å². The van der Waals surface area contributed by atoms with Crippen molar-refractivity contribution < 1.29 is 14.3 Å². The molecule has 34 heavy (non-hydrogen) atoms. The number of amides is 2. The van der Waals surface area contributed by atoms with Crippen LogP contribution in [0, 0.1) is 0 Å². The highest BCUT2D eigenvalue weighted by Crippen LogP contribution is 2.29. The molecule has 4 aromatic rings. The van der Waals surface area contributed by atoms with Crippen LogP contribution in [0.25, 0.3) is 22.3 Å². The number of carbonyl (C=O) groups excluding carboxylic acids is 2. The Bertz CT molecular complexity index is 1390. The highest BCUT2D eigenvalue weighted by molar-refractivity contribution is 8.00. The molecule has 2 amide bonds. The second-order valence-electron chi connectivity index (χ2n) is 7.52. The van der Waals surface area contributed by atoms with Crippen molar-refractivity contribution in [3.05, 3.63) is 66.1 Å². The second kappa shape index (κ2) is 9.44. The maximum Gasteiger partial charge on any atom is 0.269 e. The molecule has 0 atom stereocenters. The van der Waals surface area contributed by atoms with Gasteiger partial charge in [0.05, 0.1) is 29.0 Å². The Balaban J connectivity index is 1.23. The summed E-state index contributed by atoms with van der Waals surface area (Å²) >= 11 is 1.41. The summed E-state index contributed by atoms with van der Waals surface area (Å²) in [7, 11) is 1.58. The minimum Gasteiger partial charge on any atom is -0.481 e. The van der Waals surface area contributed by atoms with Gasteiger partial charge in [-0.1, -0.05) is 6.07 Å². The maximum absolute atomic E-state index is 12.5. The third-order valence-electron chi connectivity index (χ3n) is 5.27. The first-order valence-corrected chi connectivity index (χ1v) is 11.6.